The number of hydrogen-bond donors (Lipinski definition) is 2. The van der Waals surface area contributed by atoms with E-state index in [1.54, 1.807) is 16.7 Å². The second-order valence-electron chi connectivity index (χ2n) is 5.23. The van der Waals surface area contributed by atoms with Crippen molar-refractivity contribution in [3.63, 3.8) is 0 Å². The van der Waals surface area contributed by atoms with Gasteiger partial charge in [0.2, 0.25) is 0 Å². The molecule has 1 amide bonds. The maximum absolute atomic E-state index is 12.2. The van der Waals surface area contributed by atoms with Gasteiger partial charge in [0.15, 0.2) is 0 Å². The third-order valence-corrected chi connectivity index (χ3v) is 3.82. The molecule has 2 N–H and O–H groups in total. The number of aryl methyl sites for hydroxylation is 2. The molecule has 1 heterocycles. The zero-order valence-electron chi connectivity index (χ0n) is 12.1. The number of nitrogens with zero attached hydrogens (tertiary/aromatic N) is 1. The molecule has 0 aliphatic carbocycles. The van der Waals surface area contributed by atoms with Gasteiger partial charge < -0.3 is 15.0 Å². The van der Waals surface area contributed by atoms with Crippen molar-refractivity contribution in [1.29, 1.82) is 0 Å². The third-order valence-electron chi connectivity index (χ3n) is 3.38. The molecule has 5 heteroatoms. The number of rotatable bonds is 5. The summed E-state index contributed by atoms with van der Waals surface area (Å²) in [5.74, 6) is 0.204. The lowest BCUT2D eigenvalue weighted by Crippen LogP contribution is -2.33. The number of phenols is 1. The van der Waals surface area contributed by atoms with Crippen LogP contribution in [0.2, 0.25) is 0 Å². The number of benzene rings is 1. The van der Waals surface area contributed by atoms with Gasteiger partial charge in [-0.15, -0.1) is 0 Å². The lowest BCUT2D eigenvalue weighted by molar-refractivity contribution is 0.0930. The molecule has 2 aromatic rings. The number of hydrogen-bond acceptors (Lipinski definition) is 2. The van der Waals surface area contributed by atoms with Crippen molar-refractivity contribution in [2.24, 2.45) is 7.05 Å². The first-order valence-electron chi connectivity index (χ1n) is 6.86. The lowest BCUT2D eigenvalue weighted by atomic mass is 10.1. The predicted octanol–water partition coefficient (Wildman–Crippen LogP) is 3.24. The van der Waals surface area contributed by atoms with Crippen LogP contribution in [0.1, 0.15) is 29.4 Å². The minimum absolute atomic E-state index is 0.0681. The van der Waals surface area contributed by atoms with E-state index in [1.165, 1.54) is 0 Å². The van der Waals surface area contributed by atoms with Gasteiger partial charge in [-0.25, -0.2) is 0 Å². The number of aromatic nitrogens is 1. The summed E-state index contributed by atoms with van der Waals surface area (Å²) in [4.78, 5) is 12.2. The number of aromatic hydroxyl groups is 1. The Morgan fingerprint density at radius 2 is 2.05 bits per heavy atom. The van der Waals surface area contributed by atoms with E-state index in [9.17, 15) is 9.90 Å². The zero-order valence-corrected chi connectivity index (χ0v) is 13.7. The summed E-state index contributed by atoms with van der Waals surface area (Å²) < 4.78 is 2.69. The lowest BCUT2D eigenvalue weighted by Gasteiger charge is -2.14. The molecular formula is C16H19BrN2O2. The van der Waals surface area contributed by atoms with Crippen LogP contribution in [0, 0.1) is 0 Å². The molecule has 1 unspecified atom stereocenters. The van der Waals surface area contributed by atoms with Gasteiger partial charge in [0, 0.05) is 23.8 Å². The quantitative estimate of drug-likeness (QED) is 0.869. The summed E-state index contributed by atoms with van der Waals surface area (Å²) in [7, 11) is 1.85. The fourth-order valence-electron chi connectivity index (χ4n) is 2.17. The number of carbonyl (C=O) groups excluding carboxylic acids is 1. The molecule has 0 aliphatic rings. The van der Waals surface area contributed by atoms with Gasteiger partial charge >= 0.3 is 0 Å². The SMILES string of the molecule is CC(CCc1ccc(O)cc1)NC(=O)c1cc(Br)cn1C. The van der Waals surface area contributed by atoms with Gasteiger partial charge in [-0.05, 0) is 59.5 Å². The van der Waals surface area contributed by atoms with E-state index >= 15 is 0 Å². The van der Waals surface area contributed by atoms with Crippen molar-refractivity contribution < 1.29 is 9.90 Å². The number of carbonyl (C=O) groups is 1. The molecule has 0 spiro atoms. The molecule has 0 fully saturated rings. The van der Waals surface area contributed by atoms with Crippen LogP contribution in [-0.2, 0) is 13.5 Å². The molecule has 21 heavy (non-hydrogen) atoms. The maximum Gasteiger partial charge on any atom is 0.268 e. The smallest absolute Gasteiger partial charge is 0.268 e. The Bertz CT molecular complexity index is 620. The minimum atomic E-state index is -0.0681. The highest BCUT2D eigenvalue weighted by molar-refractivity contribution is 9.10. The molecule has 0 saturated heterocycles. The number of phenolic OH excluding ortho intramolecular Hbond substituents is 1. The van der Waals surface area contributed by atoms with Crippen molar-refractivity contribution in [2.75, 3.05) is 0 Å². The van der Waals surface area contributed by atoms with Crippen LogP contribution in [0.15, 0.2) is 41.0 Å². The predicted molar refractivity (Wildman–Crippen MR) is 86.5 cm³/mol. The van der Waals surface area contributed by atoms with Crippen LogP contribution in [0.4, 0.5) is 0 Å². The Kier molecular flexibility index (Phi) is 5.07. The minimum Gasteiger partial charge on any atom is -0.508 e. The number of nitrogens with one attached hydrogen (secondary N) is 1. The number of amides is 1. The van der Waals surface area contributed by atoms with Crippen molar-refractivity contribution in [2.45, 2.75) is 25.8 Å². The summed E-state index contributed by atoms with van der Waals surface area (Å²) in [6, 6.07) is 9.05. The first kappa shape index (κ1) is 15.6. The highest BCUT2D eigenvalue weighted by atomic mass is 79.9. The summed E-state index contributed by atoms with van der Waals surface area (Å²) in [6.07, 6.45) is 3.57. The van der Waals surface area contributed by atoms with Crippen LogP contribution in [0.25, 0.3) is 0 Å². The van der Waals surface area contributed by atoms with Gasteiger partial charge in [0.25, 0.3) is 5.91 Å². The molecule has 1 atom stereocenters. The Balaban J connectivity index is 1.86. The summed E-state index contributed by atoms with van der Waals surface area (Å²) in [6.45, 7) is 2.00. The fraction of sp³-hybridized carbons (Fsp3) is 0.312. The molecule has 112 valence electrons. The summed E-state index contributed by atoms with van der Waals surface area (Å²) in [5, 5.41) is 12.2. The first-order chi connectivity index (χ1) is 9.95. The summed E-state index contributed by atoms with van der Waals surface area (Å²) in [5.41, 5.74) is 1.79. The maximum atomic E-state index is 12.2. The molecule has 0 bridgehead atoms. The van der Waals surface area contributed by atoms with Crippen LogP contribution >= 0.6 is 15.9 Å². The van der Waals surface area contributed by atoms with Crippen LogP contribution in [-0.4, -0.2) is 21.6 Å². The van der Waals surface area contributed by atoms with E-state index in [4.69, 9.17) is 0 Å². The highest BCUT2D eigenvalue weighted by Gasteiger charge is 2.13. The topological polar surface area (TPSA) is 54.3 Å². The standard InChI is InChI=1S/C16H19BrN2O2/c1-11(3-4-12-5-7-14(20)8-6-12)18-16(21)15-9-13(17)10-19(15)2/h5-11,20H,3-4H2,1-2H3,(H,18,21). The fourth-order valence-corrected chi connectivity index (χ4v) is 2.69. The Labute approximate surface area is 132 Å². The van der Waals surface area contributed by atoms with Gasteiger partial charge in [-0.1, -0.05) is 12.1 Å². The van der Waals surface area contributed by atoms with E-state index < -0.39 is 0 Å². The molecule has 1 aromatic carbocycles. The molecule has 0 saturated carbocycles. The number of halogens is 1. The molecular weight excluding hydrogens is 332 g/mol. The van der Waals surface area contributed by atoms with Crippen LogP contribution in [0.5, 0.6) is 5.75 Å². The van der Waals surface area contributed by atoms with Crippen LogP contribution < -0.4 is 5.32 Å². The molecule has 1 aromatic heterocycles. The molecule has 0 aliphatic heterocycles. The van der Waals surface area contributed by atoms with Crippen molar-refractivity contribution in [1.82, 2.24) is 9.88 Å². The van der Waals surface area contributed by atoms with Gasteiger partial charge in [-0.2, -0.15) is 0 Å². The van der Waals surface area contributed by atoms with E-state index in [1.807, 2.05) is 38.4 Å². The van der Waals surface area contributed by atoms with E-state index in [0.29, 0.717) is 5.69 Å². The average molecular weight is 351 g/mol. The van der Waals surface area contributed by atoms with E-state index in [-0.39, 0.29) is 17.7 Å². The van der Waals surface area contributed by atoms with Gasteiger partial charge in [0.1, 0.15) is 11.4 Å². The zero-order chi connectivity index (χ0) is 15.4. The van der Waals surface area contributed by atoms with E-state index in [0.717, 1.165) is 22.9 Å². The molecule has 4 nitrogen and oxygen atoms in total. The first-order valence-corrected chi connectivity index (χ1v) is 7.65. The van der Waals surface area contributed by atoms with Crippen LogP contribution in [0.3, 0.4) is 0 Å². The molecule has 0 radical (unpaired) electrons. The van der Waals surface area contributed by atoms with Gasteiger partial charge in [-0.3, -0.25) is 4.79 Å². The summed E-state index contributed by atoms with van der Waals surface area (Å²) >= 11 is 3.36. The van der Waals surface area contributed by atoms with Crippen molar-refractivity contribution >= 4 is 21.8 Å². The normalized spacial score (nSPS) is 12.1. The van der Waals surface area contributed by atoms with E-state index in [2.05, 4.69) is 21.2 Å². The molecule has 2 rings (SSSR count). The van der Waals surface area contributed by atoms with Crippen molar-refractivity contribution in [3.05, 3.63) is 52.3 Å². The Hall–Kier alpha value is -1.75. The highest BCUT2D eigenvalue weighted by Crippen LogP contribution is 2.14. The monoisotopic (exact) mass is 350 g/mol. The average Bonchev–Trinajstić information content (AvgIpc) is 2.77. The second-order valence-corrected chi connectivity index (χ2v) is 6.15. The largest absolute Gasteiger partial charge is 0.508 e. The Morgan fingerprint density at radius 1 is 1.38 bits per heavy atom. The Morgan fingerprint density at radius 3 is 2.62 bits per heavy atom. The second kappa shape index (κ2) is 6.80. The third kappa shape index (κ3) is 4.36. The van der Waals surface area contributed by atoms with Crippen molar-refractivity contribution in [3.8, 4) is 5.75 Å². The van der Waals surface area contributed by atoms with Gasteiger partial charge in [0.05, 0.1) is 0 Å².